The zero-order valence-electron chi connectivity index (χ0n) is 11.6. The van der Waals surface area contributed by atoms with Crippen molar-refractivity contribution in [3.05, 3.63) is 34.3 Å². The smallest absolute Gasteiger partial charge is 0.319 e. The SMILES string of the molecule is CC1(C)C(=O)OC(c2ccc(Br)cc2)C2(CCC2)C1=O. The third-order valence-electron chi connectivity index (χ3n) is 4.68. The minimum Gasteiger partial charge on any atom is -0.456 e. The van der Waals surface area contributed by atoms with Crippen LogP contribution in [-0.2, 0) is 14.3 Å². The summed E-state index contributed by atoms with van der Waals surface area (Å²) >= 11 is 3.40. The number of ether oxygens (including phenoxy) is 1. The highest BCUT2D eigenvalue weighted by Gasteiger charge is 2.62. The van der Waals surface area contributed by atoms with Gasteiger partial charge >= 0.3 is 5.97 Å². The van der Waals surface area contributed by atoms with Gasteiger partial charge in [-0.25, -0.2) is 0 Å². The van der Waals surface area contributed by atoms with Crippen molar-refractivity contribution in [3.63, 3.8) is 0 Å². The summed E-state index contributed by atoms with van der Waals surface area (Å²) in [5.41, 5.74) is -0.623. The number of benzene rings is 1. The van der Waals surface area contributed by atoms with Crippen molar-refractivity contribution in [2.24, 2.45) is 10.8 Å². The molecule has 1 heterocycles. The molecule has 1 spiro atoms. The van der Waals surface area contributed by atoms with Gasteiger partial charge in [0.05, 0.1) is 5.41 Å². The van der Waals surface area contributed by atoms with Crippen molar-refractivity contribution in [2.75, 3.05) is 0 Å². The van der Waals surface area contributed by atoms with Crippen molar-refractivity contribution in [3.8, 4) is 0 Å². The van der Waals surface area contributed by atoms with E-state index in [4.69, 9.17) is 4.74 Å². The lowest BCUT2D eigenvalue weighted by atomic mass is 9.55. The van der Waals surface area contributed by atoms with Crippen molar-refractivity contribution in [1.29, 1.82) is 0 Å². The van der Waals surface area contributed by atoms with E-state index < -0.39 is 22.9 Å². The molecule has 1 aromatic rings. The lowest BCUT2D eigenvalue weighted by molar-refractivity contribution is -0.197. The standard InChI is InChI=1S/C16H17BrO3/c1-15(2)13(18)16(8-3-9-16)12(20-14(15)19)10-4-6-11(17)7-5-10/h4-7,12H,3,8-9H2,1-2H3. The number of hydrogen-bond donors (Lipinski definition) is 0. The molecule has 3 nitrogen and oxygen atoms in total. The predicted octanol–water partition coefficient (Wildman–Crippen LogP) is 3.81. The molecule has 0 N–H and O–H groups in total. The van der Waals surface area contributed by atoms with Gasteiger partial charge in [-0.15, -0.1) is 0 Å². The van der Waals surface area contributed by atoms with Crippen molar-refractivity contribution in [2.45, 2.75) is 39.2 Å². The maximum absolute atomic E-state index is 12.8. The Morgan fingerprint density at radius 1 is 1.15 bits per heavy atom. The summed E-state index contributed by atoms with van der Waals surface area (Å²) in [7, 11) is 0. The van der Waals surface area contributed by atoms with Crippen LogP contribution in [-0.4, -0.2) is 11.8 Å². The van der Waals surface area contributed by atoms with E-state index in [1.165, 1.54) is 0 Å². The summed E-state index contributed by atoms with van der Waals surface area (Å²) in [4.78, 5) is 25.0. The summed E-state index contributed by atoms with van der Waals surface area (Å²) in [5, 5.41) is 0. The number of Topliss-reactive ketones (excluding diaryl/α,β-unsaturated/α-hetero) is 1. The Morgan fingerprint density at radius 3 is 2.25 bits per heavy atom. The fourth-order valence-corrected chi connectivity index (χ4v) is 3.54. The first-order valence-electron chi connectivity index (χ1n) is 6.89. The van der Waals surface area contributed by atoms with Gasteiger partial charge in [0.15, 0.2) is 5.78 Å². The molecule has 20 heavy (non-hydrogen) atoms. The second-order valence-corrected chi connectivity index (χ2v) is 7.22. The molecular weight excluding hydrogens is 320 g/mol. The lowest BCUT2D eigenvalue weighted by Crippen LogP contribution is -2.57. The van der Waals surface area contributed by atoms with Crippen LogP contribution in [0, 0.1) is 10.8 Å². The maximum Gasteiger partial charge on any atom is 0.319 e. The fraction of sp³-hybridized carbons (Fsp3) is 0.500. The molecule has 2 fully saturated rings. The highest BCUT2D eigenvalue weighted by molar-refractivity contribution is 9.10. The number of halogens is 1. The molecule has 1 saturated heterocycles. The zero-order chi connectivity index (χ0) is 14.5. The Kier molecular flexibility index (Phi) is 3.05. The Bertz CT molecular complexity index is 570. The summed E-state index contributed by atoms with van der Waals surface area (Å²) in [6, 6.07) is 7.68. The minimum absolute atomic E-state index is 0.0421. The molecule has 1 saturated carbocycles. The van der Waals surface area contributed by atoms with Crippen LogP contribution in [0.3, 0.4) is 0 Å². The van der Waals surface area contributed by atoms with Crippen LogP contribution in [0.15, 0.2) is 28.7 Å². The Balaban J connectivity index is 2.04. The monoisotopic (exact) mass is 336 g/mol. The molecule has 1 aliphatic carbocycles. The lowest BCUT2D eigenvalue weighted by Gasteiger charge is -2.52. The van der Waals surface area contributed by atoms with E-state index in [1.54, 1.807) is 13.8 Å². The van der Waals surface area contributed by atoms with Gasteiger partial charge in [-0.2, -0.15) is 0 Å². The van der Waals surface area contributed by atoms with Crippen LogP contribution < -0.4 is 0 Å². The Hall–Kier alpha value is -1.16. The van der Waals surface area contributed by atoms with Gasteiger partial charge < -0.3 is 4.74 Å². The van der Waals surface area contributed by atoms with Crippen LogP contribution >= 0.6 is 15.9 Å². The molecular formula is C16H17BrO3. The van der Waals surface area contributed by atoms with E-state index in [2.05, 4.69) is 15.9 Å². The molecule has 1 atom stereocenters. The van der Waals surface area contributed by atoms with Crippen LogP contribution in [0.4, 0.5) is 0 Å². The van der Waals surface area contributed by atoms with E-state index in [0.29, 0.717) is 0 Å². The van der Waals surface area contributed by atoms with E-state index in [0.717, 1.165) is 29.3 Å². The number of carbonyl (C=O) groups excluding carboxylic acids is 2. The molecule has 0 amide bonds. The number of ketones is 1. The summed E-state index contributed by atoms with van der Waals surface area (Å²) in [6.07, 6.45) is 2.20. The second-order valence-electron chi connectivity index (χ2n) is 6.30. The largest absolute Gasteiger partial charge is 0.456 e. The van der Waals surface area contributed by atoms with Crippen LogP contribution in [0.1, 0.15) is 44.8 Å². The molecule has 0 aromatic heterocycles. The molecule has 3 rings (SSSR count). The van der Waals surface area contributed by atoms with Gasteiger partial charge in [0, 0.05) is 4.47 Å². The molecule has 1 unspecified atom stereocenters. The second kappa shape index (κ2) is 4.42. The van der Waals surface area contributed by atoms with E-state index in [1.807, 2.05) is 24.3 Å². The number of esters is 1. The summed E-state index contributed by atoms with van der Waals surface area (Å²) in [5.74, 6) is -0.367. The highest BCUT2D eigenvalue weighted by atomic mass is 79.9. The van der Waals surface area contributed by atoms with Gasteiger partial charge in [-0.1, -0.05) is 34.5 Å². The first kappa shape index (κ1) is 13.8. The third-order valence-corrected chi connectivity index (χ3v) is 5.20. The van der Waals surface area contributed by atoms with Crippen LogP contribution in [0.25, 0.3) is 0 Å². The van der Waals surface area contributed by atoms with Crippen LogP contribution in [0.2, 0.25) is 0 Å². The molecule has 106 valence electrons. The van der Waals surface area contributed by atoms with E-state index >= 15 is 0 Å². The minimum atomic E-state index is -1.02. The third kappa shape index (κ3) is 1.77. The summed E-state index contributed by atoms with van der Waals surface area (Å²) < 4.78 is 6.65. The molecule has 2 aliphatic rings. The normalized spacial score (nSPS) is 27.1. The Morgan fingerprint density at radius 2 is 1.75 bits per heavy atom. The van der Waals surface area contributed by atoms with Gasteiger partial charge in [-0.3, -0.25) is 9.59 Å². The molecule has 1 aliphatic heterocycles. The quantitative estimate of drug-likeness (QED) is 0.578. The van der Waals surface area contributed by atoms with E-state index in [-0.39, 0.29) is 5.78 Å². The van der Waals surface area contributed by atoms with Gasteiger partial charge in [-0.05, 0) is 44.4 Å². The van der Waals surface area contributed by atoms with Crippen molar-refractivity contribution in [1.82, 2.24) is 0 Å². The summed E-state index contributed by atoms with van der Waals surface area (Å²) in [6.45, 7) is 3.35. The average Bonchev–Trinajstić information content (AvgIpc) is 2.35. The number of hydrogen-bond acceptors (Lipinski definition) is 3. The highest BCUT2D eigenvalue weighted by Crippen LogP contribution is 2.58. The van der Waals surface area contributed by atoms with Gasteiger partial charge in [0.1, 0.15) is 11.5 Å². The first-order valence-corrected chi connectivity index (χ1v) is 7.69. The van der Waals surface area contributed by atoms with Gasteiger partial charge in [0.2, 0.25) is 0 Å². The topological polar surface area (TPSA) is 43.4 Å². The zero-order valence-corrected chi connectivity index (χ0v) is 13.2. The van der Waals surface area contributed by atoms with Crippen LogP contribution in [0.5, 0.6) is 0 Å². The maximum atomic E-state index is 12.8. The number of carbonyl (C=O) groups is 2. The molecule has 0 bridgehead atoms. The van der Waals surface area contributed by atoms with Gasteiger partial charge in [0.25, 0.3) is 0 Å². The van der Waals surface area contributed by atoms with Crippen molar-refractivity contribution >= 4 is 27.7 Å². The number of cyclic esters (lactones) is 1. The fourth-order valence-electron chi connectivity index (χ4n) is 3.27. The predicted molar refractivity (Wildman–Crippen MR) is 78.0 cm³/mol. The number of rotatable bonds is 1. The Labute approximate surface area is 126 Å². The van der Waals surface area contributed by atoms with E-state index in [9.17, 15) is 9.59 Å². The average molecular weight is 337 g/mol. The first-order chi connectivity index (χ1) is 9.38. The molecule has 4 heteroatoms. The van der Waals surface area contributed by atoms with Crippen molar-refractivity contribution < 1.29 is 14.3 Å². The molecule has 1 aromatic carbocycles. The molecule has 0 radical (unpaired) electrons.